The van der Waals surface area contributed by atoms with Gasteiger partial charge in [0.2, 0.25) is 0 Å². The highest BCUT2D eigenvalue weighted by molar-refractivity contribution is 6.16. The minimum atomic E-state index is -1.72. The molecule has 1 saturated carbocycles. The van der Waals surface area contributed by atoms with Crippen molar-refractivity contribution in [2.45, 2.75) is 109 Å². The monoisotopic (exact) mass is 882 g/mol. The maximum atomic E-state index is 12.9. The van der Waals surface area contributed by atoms with Crippen LogP contribution >= 0.6 is 0 Å². The van der Waals surface area contributed by atoms with Crippen molar-refractivity contribution in [3.63, 3.8) is 0 Å². The van der Waals surface area contributed by atoms with Gasteiger partial charge >= 0.3 is 47.8 Å². The van der Waals surface area contributed by atoms with Gasteiger partial charge in [-0.15, -0.1) is 0 Å². The zero-order valence-corrected chi connectivity index (χ0v) is 34.8. The van der Waals surface area contributed by atoms with Crippen LogP contribution in [0.1, 0.15) is 85.5 Å². The van der Waals surface area contributed by atoms with Gasteiger partial charge in [-0.3, -0.25) is 9.59 Å². The van der Waals surface area contributed by atoms with Crippen LogP contribution in [0.15, 0.2) is 94.9 Å². The molecule has 5 aliphatic rings. The molecule has 0 aromatic carbocycles. The summed E-state index contributed by atoms with van der Waals surface area (Å²) in [4.78, 5) is 100. The van der Waals surface area contributed by atoms with Crippen molar-refractivity contribution in [2.24, 2.45) is 0 Å². The molecule has 2 saturated heterocycles. The van der Waals surface area contributed by atoms with Crippen LogP contribution in [-0.4, -0.2) is 94.3 Å². The summed E-state index contributed by atoms with van der Waals surface area (Å²) in [6.45, 7) is 6.67. The molecule has 0 radical (unpaired) electrons. The molecule has 0 amide bonds. The predicted molar refractivity (Wildman–Crippen MR) is 208 cm³/mol. The predicted octanol–water partition coefficient (Wildman–Crippen LogP) is 4.43. The molecule has 2 unspecified atom stereocenters. The lowest BCUT2D eigenvalue weighted by Crippen LogP contribution is -2.56. The van der Waals surface area contributed by atoms with E-state index in [-0.39, 0.29) is 82.1 Å². The van der Waals surface area contributed by atoms with Crippen molar-refractivity contribution in [1.29, 1.82) is 0 Å². The molecule has 5 rings (SSSR count). The first-order chi connectivity index (χ1) is 29.9. The number of ether oxygens (including phenoxy) is 10. The van der Waals surface area contributed by atoms with Gasteiger partial charge in [-0.25, -0.2) is 28.8 Å². The largest absolute Gasteiger partial charge is 0.480 e. The van der Waals surface area contributed by atoms with Crippen LogP contribution in [0.25, 0.3) is 0 Å². The number of esters is 8. The third-order valence-corrected chi connectivity index (χ3v) is 9.99. The van der Waals surface area contributed by atoms with Crippen molar-refractivity contribution in [3.8, 4) is 0 Å². The summed E-state index contributed by atoms with van der Waals surface area (Å²) < 4.78 is 53.2. The molecule has 338 valence electrons. The average Bonchev–Trinajstić information content (AvgIpc) is 3.21. The summed E-state index contributed by atoms with van der Waals surface area (Å²) in [5, 5.41) is 20.7. The first-order valence-electron chi connectivity index (χ1n) is 20.0. The molecular formula is C43H46O20. The molecule has 0 aromatic heterocycles. The van der Waals surface area contributed by atoms with Crippen molar-refractivity contribution in [3.05, 3.63) is 94.9 Å². The van der Waals surface area contributed by atoms with Crippen LogP contribution in [-0.2, 0) is 85.7 Å². The third-order valence-electron chi connectivity index (χ3n) is 9.99. The van der Waals surface area contributed by atoms with Gasteiger partial charge in [-0.2, -0.15) is 0 Å². The maximum absolute atomic E-state index is 12.9. The van der Waals surface area contributed by atoms with Crippen molar-refractivity contribution in [2.75, 3.05) is 13.2 Å². The number of hydrogen-bond donors (Lipinski definition) is 2. The normalized spacial score (nSPS) is 27.6. The Morgan fingerprint density at radius 2 is 0.952 bits per heavy atom. The summed E-state index contributed by atoms with van der Waals surface area (Å²) in [5.41, 5.74) is -1.56. The Bertz CT molecular complexity index is 2110. The second-order valence-corrected chi connectivity index (χ2v) is 14.5. The Morgan fingerprint density at radius 3 is 1.35 bits per heavy atom. The van der Waals surface area contributed by atoms with E-state index in [0.717, 1.165) is 18.2 Å². The van der Waals surface area contributed by atoms with Crippen LogP contribution in [0.5, 0.6) is 0 Å². The SMILES string of the molecule is CCOC(=O)CCC1(C)OC(=O)C(/C=C/C=C/C=C2C(=O)OC3(CCC4(CC3)OC(=O)C(=C/C=C/C=C/C3=C(O)OC(CC)(CCC(=O)OCC)OC3=O)C(=O)O4)OC2=O)=C(O)O1. The van der Waals surface area contributed by atoms with Crippen LogP contribution in [0, 0.1) is 0 Å². The fraction of sp³-hybridized carbons (Fsp3) is 0.442. The van der Waals surface area contributed by atoms with Crippen LogP contribution < -0.4 is 0 Å². The van der Waals surface area contributed by atoms with E-state index >= 15 is 0 Å². The van der Waals surface area contributed by atoms with Crippen LogP contribution in [0.4, 0.5) is 0 Å². The number of allylic oxidation sites excluding steroid dienone is 8. The highest BCUT2D eigenvalue weighted by Gasteiger charge is 2.57. The van der Waals surface area contributed by atoms with E-state index in [1.807, 2.05) is 0 Å². The lowest BCUT2D eigenvalue weighted by molar-refractivity contribution is -0.291. The van der Waals surface area contributed by atoms with Gasteiger partial charge in [0.05, 0.1) is 26.1 Å². The Morgan fingerprint density at radius 1 is 0.540 bits per heavy atom. The second kappa shape index (κ2) is 19.7. The van der Waals surface area contributed by atoms with E-state index in [4.69, 9.17) is 47.4 Å². The molecule has 0 aromatic rings. The Balaban J connectivity index is 1.11. The van der Waals surface area contributed by atoms with Gasteiger partial charge in [0.15, 0.2) is 0 Å². The second-order valence-electron chi connectivity index (χ2n) is 14.5. The summed E-state index contributed by atoms with van der Waals surface area (Å²) in [5.74, 6) is -15.0. The molecule has 20 nitrogen and oxygen atoms in total. The zero-order valence-electron chi connectivity index (χ0n) is 34.8. The number of cyclic esters (lactones) is 2. The molecule has 2 spiro atoms. The minimum Gasteiger partial charge on any atom is -0.480 e. The van der Waals surface area contributed by atoms with Crippen molar-refractivity contribution >= 4 is 47.8 Å². The molecule has 20 heteroatoms. The lowest BCUT2D eigenvalue weighted by atomic mass is 9.87. The molecule has 3 fully saturated rings. The fourth-order valence-electron chi connectivity index (χ4n) is 6.61. The zero-order chi connectivity index (χ0) is 46.0. The van der Waals surface area contributed by atoms with Crippen LogP contribution in [0.3, 0.4) is 0 Å². The van der Waals surface area contributed by atoms with E-state index in [1.54, 1.807) is 20.8 Å². The number of carbonyl (C=O) groups excluding carboxylic acids is 8. The smallest absolute Gasteiger partial charge is 0.348 e. The van der Waals surface area contributed by atoms with Gasteiger partial charge < -0.3 is 57.6 Å². The summed E-state index contributed by atoms with van der Waals surface area (Å²) in [6, 6.07) is 0. The Labute approximate surface area is 360 Å². The maximum Gasteiger partial charge on any atom is 0.348 e. The number of rotatable bonds is 15. The van der Waals surface area contributed by atoms with Gasteiger partial charge in [-0.05, 0) is 38.2 Å². The Hall–Kier alpha value is -7.12. The van der Waals surface area contributed by atoms with E-state index in [1.165, 1.54) is 49.5 Å². The highest BCUT2D eigenvalue weighted by Crippen LogP contribution is 2.45. The standard InChI is InChI=1S/C43H46O20/c1-5-41(21-19-31(45)55-7-3)58-34(48)27(35(49)59-41)15-11-9-13-17-29-38(52)62-43(63-39(29)53)24-22-42(23-25-43)60-36(50)28(37(51)61-42)16-12-8-10-14-26-32(46)56-40(4,57-33(26)47)20-18-30(44)54-6-2/h8-17,46,48H,5-7,18-25H2,1-4H3/b12-8+,13-9+,14-10+,15-11+,28-16?,29-17?. The molecule has 1 aliphatic carbocycles. The van der Waals surface area contributed by atoms with E-state index in [2.05, 4.69) is 0 Å². The van der Waals surface area contributed by atoms with Crippen molar-refractivity contribution in [1.82, 2.24) is 0 Å². The molecular weight excluding hydrogens is 836 g/mol. The van der Waals surface area contributed by atoms with Gasteiger partial charge in [0.25, 0.3) is 35.0 Å². The summed E-state index contributed by atoms with van der Waals surface area (Å²) in [7, 11) is 0. The van der Waals surface area contributed by atoms with Gasteiger partial charge in [-0.1, -0.05) is 43.4 Å². The van der Waals surface area contributed by atoms with E-state index in [0.29, 0.717) is 0 Å². The third kappa shape index (κ3) is 11.4. The highest BCUT2D eigenvalue weighted by atomic mass is 16.8. The summed E-state index contributed by atoms with van der Waals surface area (Å²) >= 11 is 0. The minimum absolute atomic E-state index is 0.0475. The molecule has 63 heavy (non-hydrogen) atoms. The quantitative estimate of drug-likeness (QED) is 0.0757. The topological polar surface area (TPSA) is 269 Å². The van der Waals surface area contributed by atoms with E-state index in [9.17, 15) is 48.6 Å². The first kappa shape index (κ1) is 46.9. The number of aliphatic hydroxyl groups is 2. The molecule has 2 N–H and O–H groups in total. The lowest BCUT2D eigenvalue weighted by Gasteiger charge is -2.45. The number of aliphatic hydroxyl groups excluding tert-OH is 2. The van der Waals surface area contributed by atoms with Crippen LogP contribution in [0.2, 0.25) is 0 Å². The fourth-order valence-corrected chi connectivity index (χ4v) is 6.61. The molecule has 4 aliphatic heterocycles. The average molecular weight is 883 g/mol. The Kier molecular flexibility index (Phi) is 14.7. The first-order valence-corrected chi connectivity index (χ1v) is 20.0. The molecule has 2 atom stereocenters. The molecule has 4 heterocycles. The summed E-state index contributed by atoms with van der Waals surface area (Å²) in [6.07, 6.45) is 11.4. The number of carbonyl (C=O) groups is 8. The van der Waals surface area contributed by atoms with Gasteiger partial charge in [0.1, 0.15) is 22.3 Å². The number of hydrogen-bond acceptors (Lipinski definition) is 20. The molecule has 0 bridgehead atoms. The van der Waals surface area contributed by atoms with Gasteiger partial charge in [0, 0.05) is 51.9 Å². The van der Waals surface area contributed by atoms with E-state index < -0.39 is 93.9 Å². The van der Waals surface area contributed by atoms with Crippen molar-refractivity contribution < 1.29 is 95.9 Å².